The number of amides is 2. The molecule has 0 fully saturated rings. The van der Waals surface area contributed by atoms with Gasteiger partial charge in [-0.05, 0) is 54.7 Å². The third-order valence-electron chi connectivity index (χ3n) is 5.05. The molecule has 140 valence electrons. The summed E-state index contributed by atoms with van der Waals surface area (Å²) in [4.78, 5) is 26.4. The van der Waals surface area contributed by atoms with Gasteiger partial charge < -0.3 is 19.7 Å². The van der Waals surface area contributed by atoms with Crippen molar-refractivity contribution in [3.63, 3.8) is 0 Å². The molecule has 6 nitrogen and oxygen atoms in total. The summed E-state index contributed by atoms with van der Waals surface area (Å²) in [6, 6.07) is 13.2. The number of benzene rings is 2. The van der Waals surface area contributed by atoms with Crippen molar-refractivity contribution in [3.8, 4) is 11.5 Å². The molecule has 2 aromatic carbocycles. The monoisotopic (exact) mass is 366 g/mol. The van der Waals surface area contributed by atoms with Crippen molar-refractivity contribution in [1.29, 1.82) is 0 Å². The van der Waals surface area contributed by atoms with Gasteiger partial charge in [-0.1, -0.05) is 18.2 Å². The van der Waals surface area contributed by atoms with E-state index >= 15 is 0 Å². The molecule has 27 heavy (non-hydrogen) atoms. The fourth-order valence-corrected chi connectivity index (χ4v) is 3.63. The minimum absolute atomic E-state index is 0.0897. The second-order valence-corrected chi connectivity index (χ2v) is 6.77. The molecule has 1 aliphatic heterocycles. The largest absolute Gasteiger partial charge is 0.484 e. The number of carbonyl (C=O) groups is 2. The average molecular weight is 366 g/mol. The number of nitrogens with zero attached hydrogens (tertiary/aromatic N) is 1. The number of nitrogens with one attached hydrogen (secondary N) is 1. The maximum atomic E-state index is 12.8. The molecule has 2 aromatic rings. The van der Waals surface area contributed by atoms with Crippen molar-refractivity contribution < 1.29 is 19.1 Å². The second-order valence-electron chi connectivity index (χ2n) is 6.77. The van der Waals surface area contributed by atoms with Crippen LogP contribution in [0.25, 0.3) is 0 Å². The fraction of sp³-hybridized carbons (Fsp3) is 0.333. The highest BCUT2D eigenvalue weighted by Crippen LogP contribution is 2.33. The Morgan fingerprint density at radius 2 is 2.00 bits per heavy atom. The predicted octanol–water partition coefficient (Wildman–Crippen LogP) is 2.09. The molecule has 0 spiro atoms. The predicted molar refractivity (Wildman–Crippen MR) is 101 cm³/mol. The maximum absolute atomic E-state index is 12.8. The summed E-state index contributed by atoms with van der Waals surface area (Å²) in [6.07, 6.45) is 2.60. The minimum atomic E-state index is -0.742. The van der Waals surface area contributed by atoms with Gasteiger partial charge in [-0.15, -0.1) is 0 Å². The fourth-order valence-electron chi connectivity index (χ4n) is 3.63. The number of carbonyl (C=O) groups excluding carboxylic acids is 2. The number of ether oxygens (including phenoxy) is 2. The molecule has 1 atom stereocenters. The highest BCUT2D eigenvalue weighted by atomic mass is 16.5. The summed E-state index contributed by atoms with van der Waals surface area (Å²) in [5.41, 5.74) is 3.32. The Labute approximate surface area is 158 Å². The third kappa shape index (κ3) is 3.47. The summed E-state index contributed by atoms with van der Waals surface area (Å²) < 4.78 is 11.5. The van der Waals surface area contributed by atoms with Gasteiger partial charge in [-0.2, -0.15) is 0 Å². The molecule has 2 aliphatic rings. The van der Waals surface area contributed by atoms with E-state index in [1.54, 1.807) is 18.0 Å². The number of rotatable bonds is 4. The Morgan fingerprint density at radius 1 is 1.19 bits per heavy atom. The zero-order valence-electron chi connectivity index (χ0n) is 15.2. The molecule has 1 aliphatic carbocycles. The molecular formula is C21H22N2O4. The first kappa shape index (κ1) is 17.4. The van der Waals surface area contributed by atoms with Crippen LogP contribution < -0.4 is 19.7 Å². The van der Waals surface area contributed by atoms with E-state index in [-0.39, 0.29) is 25.0 Å². The van der Waals surface area contributed by atoms with E-state index in [0.717, 1.165) is 12.8 Å². The van der Waals surface area contributed by atoms with E-state index in [9.17, 15) is 9.59 Å². The van der Waals surface area contributed by atoms with Gasteiger partial charge in [0, 0.05) is 7.05 Å². The van der Waals surface area contributed by atoms with Gasteiger partial charge in [0.15, 0.2) is 12.7 Å². The normalized spacial score (nSPS) is 17.5. The topological polar surface area (TPSA) is 67.9 Å². The van der Waals surface area contributed by atoms with Crippen LogP contribution in [0.1, 0.15) is 17.5 Å². The van der Waals surface area contributed by atoms with Crippen LogP contribution in [-0.2, 0) is 22.4 Å². The van der Waals surface area contributed by atoms with Crippen molar-refractivity contribution in [1.82, 2.24) is 5.32 Å². The molecule has 0 saturated carbocycles. The lowest BCUT2D eigenvalue weighted by atomic mass is 10.1. The Hall–Kier alpha value is -3.02. The molecule has 2 amide bonds. The van der Waals surface area contributed by atoms with E-state index in [0.29, 0.717) is 17.2 Å². The number of hydrogen-bond acceptors (Lipinski definition) is 4. The molecule has 6 heteroatoms. The smallest absolute Gasteiger partial charge is 0.265 e. The van der Waals surface area contributed by atoms with Gasteiger partial charge in [-0.25, -0.2) is 0 Å². The van der Waals surface area contributed by atoms with Crippen molar-refractivity contribution >= 4 is 17.5 Å². The molecule has 0 bridgehead atoms. The van der Waals surface area contributed by atoms with Crippen LogP contribution in [-0.4, -0.2) is 38.1 Å². The number of anilines is 1. The highest BCUT2D eigenvalue weighted by Gasteiger charge is 2.33. The summed E-state index contributed by atoms with van der Waals surface area (Å²) in [6.45, 7) is 0.0661. The van der Waals surface area contributed by atoms with Crippen LogP contribution in [0.3, 0.4) is 0 Å². The number of fused-ring (bicyclic) bond motifs is 2. The van der Waals surface area contributed by atoms with Gasteiger partial charge in [-0.3, -0.25) is 9.59 Å². The van der Waals surface area contributed by atoms with Crippen LogP contribution in [0.4, 0.5) is 5.69 Å². The van der Waals surface area contributed by atoms with Crippen LogP contribution in [0.5, 0.6) is 11.5 Å². The average Bonchev–Trinajstić information content (AvgIpc) is 3.18. The van der Waals surface area contributed by atoms with Gasteiger partial charge >= 0.3 is 0 Å². The van der Waals surface area contributed by atoms with Gasteiger partial charge in [0.25, 0.3) is 11.8 Å². The molecular weight excluding hydrogens is 344 g/mol. The van der Waals surface area contributed by atoms with Gasteiger partial charge in [0.05, 0.1) is 12.2 Å². The lowest BCUT2D eigenvalue weighted by Crippen LogP contribution is -2.51. The first-order valence-corrected chi connectivity index (χ1v) is 9.18. The lowest BCUT2D eigenvalue weighted by Gasteiger charge is -2.33. The first-order chi connectivity index (χ1) is 13.2. The van der Waals surface area contributed by atoms with Crippen LogP contribution >= 0.6 is 0 Å². The summed E-state index contributed by atoms with van der Waals surface area (Å²) in [7, 11) is 1.55. The zero-order valence-corrected chi connectivity index (χ0v) is 15.2. The first-order valence-electron chi connectivity index (χ1n) is 9.18. The number of para-hydroxylation sites is 2. The van der Waals surface area contributed by atoms with E-state index in [4.69, 9.17) is 9.47 Å². The van der Waals surface area contributed by atoms with Gasteiger partial charge in [0.2, 0.25) is 0 Å². The molecule has 4 rings (SSSR count). The van der Waals surface area contributed by atoms with Crippen molar-refractivity contribution in [2.24, 2.45) is 0 Å². The molecule has 1 N–H and O–H groups in total. The molecule has 1 heterocycles. The number of aryl methyl sites for hydroxylation is 2. The lowest BCUT2D eigenvalue weighted by molar-refractivity contribution is -0.128. The van der Waals surface area contributed by atoms with E-state index in [1.165, 1.54) is 17.5 Å². The highest BCUT2D eigenvalue weighted by molar-refractivity contribution is 5.98. The van der Waals surface area contributed by atoms with Gasteiger partial charge in [0.1, 0.15) is 11.5 Å². The van der Waals surface area contributed by atoms with E-state index < -0.39 is 6.10 Å². The maximum Gasteiger partial charge on any atom is 0.265 e. The van der Waals surface area contributed by atoms with E-state index in [1.807, 2.05) is 30.3 Å². The van der Waals surface area contributed by atoms with Crippen molar-refractivity contribution in [2.75, 3.05) is 25.1 Å². The van der Waals surface area contributed by atoms with Crippen LogP contribution in [0.15, 0.2) is 42.5 Å². The molecule has 0 unspecified atom stereocenters. The standard InChI is InChI=1S/C21H22N2O4/c1-22-21(25)19-12-23(17-7-2-3-8-18(17)27-19)20(24)13-26-16-10-9-14-5-4-6-15(14)11-16/h2-3,7-11,19H,4-6,12-13H2,1H3,(H,22,25)/t19-/m0/s1. The summed E-state index contributed by atoms with van der Waals surface area (Å²) >= 11 is 0. The van der Waals surface area contributed by atoms with Crippen molar-refractivity contribution in [2.45, 2.75) is 25.4 Å². The Kier molecular flexibility index (Phi) is 4.71. The second kappa shape index (κ2) is 7.31. The SMILES string of the molecule is CNC(=O)[C@@H]1CN(C(=O)COc2ccc3c(c2)CCC3)c2ccccc2O1. The Bertz CT molecular complexity index is 880. The Balaban J connectivity index is 1.49. The molecule has 0 radical (unpaired) electrons. The third-order valence-corrected chi connectivity index (χ3v) is 5.05. The van der Waals surface area contributed by atoms with E-state index in [2.05, 4.69) is 11.4 Å². The summed E-state index contributed by atoms with van der Waals surface area (Å²) in [5.74, 6) is 0.749. The zero-order chi connectivity index (χ0) is 18.8. The molecule has 0 aromatic heterocycles. The summed E-state index contributed by atoms with van der Waals surface area (Å²) in [5, 5.41) is 2.57. The van der Waals surface area contributed by atoms with Crippen LogP contribution in [0, 0.1) is 0 Å². The number of likely N-dealkylation sites (N-methyl/N-ethyl adjacent to an activating group) is 1. The quantitative estimate of drug-likeness (QED) is 0.900. The molecule has 0 saturated heterocycles. The minimum Gasteiger partial charge on any atom is -0.484 e. The Morgan fingerprint density at radius 3 is 2.85 bits per heavy atom. The number of hydrogen-bond donors (Lipinski definition) is 1. The van der Waals surface area contributed by atoms with Crippen molar-refractivity contribution in [3.05, 3.63) is 53.6 Å². The van der Waals surface area contributed by atoms with Crippen LogP contribution in [0.2, 0.25) is 0 Å².